The number of nitrogens with zero attached hydrogens (tertiary/aromatic N) is 2. The lowest BCUT2D eigenvalue weighted by Crippen LogP contribution is -2.44. The molecule has 0 unspecified atom stereocenters. The maximum absolute atomic E-state index is 12.9. The number of rotatable bonds is 7. The van der Waals surface area contributed by atoms with Crippen LogP contribution in [0.5, 0.6) is 0 Å². The Hall–Kier alpha value is -1.82. The maximum Gasteiger partial charge on any atom is 0.262 e. The van der Waals surface area contributed by atoms with Crippen molar-refractivity contribution < 1.29 is 4.79 Å². The first-order valence-electron chi connectivity index (χ1n) is 10.4. The Bertz CT molecular complexity index is 880. The Morgan fingerprint density at radius 3 is 2.86 bits per heavy atom. The third-order valence-electron chi connectivity index (χ3n) is 5.95. The molecule has 1 saturated carbocycles. The van der Waals surface area contributed by atoms with Gasteiger partial charge in [0.05, 0.1) is 16.7 Å². The average Bonchev–Trinajstić information content (AvgIpc) is 2.69. The van der Waals surface area contributed by atoms with Crippen molar-refractivity contribution in [2.75, 3.05) is 5.75 Å². The maximum atomic E-state index is 12.9. The SMILES string of the molecule is CCCCn1c(SCC(=O)N[C@H]2CCC[C@@H](C)[C@@H]2C)nc2ccccc2c1=O. The normalized spacial score (nSPS) is 22.3. The largest absolute Gasteiger partial charge is 0.352 e. The van der Waals surface area contributed by atoms with Crippen LogP contribution in [0.15, 0.2) is 34.2 Å². The van der Waals surface area contributed by atoms with E-state index >= 15 is 0 Å². The van der Waals surface area contributed by atoms with Crippen LogP contribution in [0, 0.1) is 11.8 Å². The minimum absolute atomic E-state index is 0.0170. The molecule has 0 saturated heterocycles. The van der Waals surface area contributed by atoms with E-state index in [2.05, 4.69) is 31.1 Å². The highest BCUT2D eigenvalue weighted by Gasteiger charge is 2.28. The number of hydrogen-bond acceptors (Lipinski definition) is 4. The van der Waals surface area contributed by atoms with E-state index in [1.54, 1.807) is 4.57 Å². The summed E-state index contributed by atoms with van der Waals surface area (Å²) in [6, 6.07) is 7.68. The number of para-hydroxylation sites is 1. The fraction of sp³-hybridized carbons (Fsp3) is 0.591. The minimum atomic E-state index is -0.0170. The van der Waals surface area contributed by atoms with Gasteiger partial charge in [-0.05, 0) is 36.8 Å². The molecule has 1 aromatic carbocycles. The lowest BCUT2D eigenvalue weighted by Gasteiger charge is -2.34. The van der Waals surface area contributed by atoms with Gasteiger partial charge in [-0.25, -0.2) is 4.98 Å². The molecule has 3 atom stereocenters. The quantitative estimate of drug-likeness (QED) is 0.557. The third-order valence-corrected chi connectivity index (χ3v) is 6.92. The minimum Gasteiger partial charge on any atom is -0.352 e. The standard InChI is InChI=1S/C22H31N3O2S/c1-4-5-13-25-21(27)17-10-6-7-11-19(17)24-22(25)28-14-20(26)23-18-12-8-9-15(2)16(18)3/h6-7,10-11,15-16,18H,4-5,8-9,12-14H2,1-3H3,(H,23,26)/t15-,16+,18+/m1/s1. The summed E-state index contributed by atoms with van der Waals surface area (Å²) in [4.78, 5) is 30.1. The van der Waals surface area contributed by atoms with E-state index in [9.17, 15) is 9.59 Å². The van der Waals surface area contributed by atoms with Crippen molar-refractivity contribution in [2.24, 2.45) is 11.8 Å². The number of fused-ring (bicyclic) bond motifs is 1. The first-order valence-corrected chi connectivity index (χ1v) is 11.4. The summed E-state index contributed by atoms with van der Waals surface area (Å²) >= 11 is 1.37. The average molecular weight is 402 g/mol. The number of benzene rings is 1. The van der Waals surface area contributed by atoms with Gasteiger partial charge in [0.1, 0.15) is 0 Å². The highest BCUT2D eigenvalue weighted by atomic mass is 32.2. The highest BCUT2D eigenvalue weighted by molar-refractivity contribution is 7.99. The molecule has 28 heavy (non-hydrogen) atoms. The van der Waals surface area contributed by atoms with Crippen molar-refractivity contribution in [3.8, 4) is 0 Å². The van der Waals surface area contributed by atoms with Gasteiger partial charge < -0.3 is 5.32 Å². The van der Waals surface area contributed by atoms with E-state index in [4.69, 9.17) is 0 Å². The van der Waals surface area contributed by atoms with Crippen molar-refractivity contribution in [2.45, 2.75) is 70.6 Å². The number of amides is 1. The van der Waals surface area contributed by atoms with E-state index in [-0.39, 0.29) is 23.3 Å². The third kappa shape index (κ3) is 4.77. The molecule has 1 aromatic heterocycles. The topological polar surface area (TPSA) is 64.0 Å². The summed E-state index contributed by atoms with van der Waals surface area (Å²) in [5, 5.41) is 4.48. The van der Waals surface area contributed by atoms with Crippen LogP contribution in [0.3, 0.4) is 0 Å². The molecule has 1 N–H and O–H groups in total. The zero-order chi connectivity index (χ0) is 20.1. The molecule has 5 nitrogen and oxygen atoms in total. The van der Waals surface area contributed by atoms with E-state index < -0.39 is 0 Å². The Balaban J connectivity index is 1.73. The van der Waals surface area contributed by atoms with Gasteiger partial charge in [0.25, 0.3) is 5.56 Å². The summed E-state index contributed by atoms with van der Waals surface area (Å²) in [7, 11) is 0. The molecule has 1 heterocycles. The number of hydrogen-bond donors (Lipinski definition) is 1. The van der Waals surface area contributed by atoms with E-state index in [0.717, 1.165) is 19.3 Å². The molecule has 0 bridgehead atoms. The smallest absolute Gasteiger partial charge is 0.262 e. The number of aromatic nitrogens is 2. The second-order valence-corrected chi connectivity index (χ2v) is 8.89. The van der Waals surface area contributed by atoms with Crippen LogP contribution in [0.1, 0.15) is 52.9 Å². The van der Waals surface area contributed by atoms with Crippen LogP contribution in [-0.4, -0.2) is 27.3 Å². The molecular weight excluding hydrogens is 370 g/mol. The zero-order valence-corrected chi connectivity index (χ0v) is 17.9. The van der Waals surface area contributed by atoms with Crippen molar-refractivity contribution in [3.05, 3.63) is 34.6 Å². The van der Waals surface area contributed by atoms with E-state index in [1.807, 2.05) is 24.3 Å². The summed E-state index contributed by atoms with van der Waals surface area (Å²) in [5.41, 5.74) is 0.676. The van der Waals surface area contributed by atoms with Gasteiger partial charge in [0, 0.05) is 12.6 Å². The van der Waals surface area contributed by atoms with Gasteiger partial charge in [-0.15, -0.1) is 0 Å². The lowest BCUT2D eigenvalue weighted by molar-refractivity contribution is -0.120. The lowest BCUT2D eigenvalue weighted by atomic mass is 9.78. The number of carbonyl (C=O) groups is 1. The Kier molecular flexibility index (Phi) is 7.16. The van der Waals surface area contributed by atoms with Crippen LogP contribution < -0.4 is 10.9 Å². The molecule has 1 fully saturated rings. The zero-order valence-electron chi connectivity index (χ0n) is 17.1. The monoisotopic (exact) mass is 401 g/mol. The predicted octanol–water partition coefficient (Wildman–Crippen LogP) is 4.23. The Morgan fingerprint density at radius 2 is 2.07 bits per heavy atom. The van der Waals surface area contributed by atoms with E-state index in [1.165, 1.54) is 24.6 Å². The molecule has 1 aliphatic rings. The molecule has 1 amide bonds. The van der Waals surface area contributed by atoms with E-state index in [0.29, 0.717) is 34.4 Å². The fourth-order valence-corrected chi connectivity index (χ4v) is 4.77. The summed E-state index contributed by atoms with van der Waals surface area (Å²) in [6.07, 6.45) is 5.38. The molecule has 1 aliphatic carbocycles. The molecule has 0 spiro atoms. The molecule has 6 heteroatoms. The molecule has 2 aromatic rings. The molecule has 0 aliphatic heterocycles. The van der Waals surface area contributed by atoms with Crippen molar-refractivity contribution in [1.82, 2.24) is 14.9 Å². The molecule has 152 valence electrons. The fourth-order valence-electron chi connectivity index (χ4n) is 3.94. The number of unbranched alkanes of at least 4 members (excludes halogenated alkanes) is 1. The van der Waals surface area contributed by atoms with Gasteiger partial charge in [0.15, 0.2) is 5.16 Å². The summed E-state index contributed by atoms with van der Waals surface area (Å²) in [5.74, 6) is 1.46. The number of nitrogens with one attached hydrogen (secondary N) is 1. The van der Waals surface area contributed by atoms with Gasteiger partial charge in [-0.3, -0.25) is 14.2 Å². The number of carbonyl (C=O) groups excluding carboxylic acids is 1. The first-order chi connectivity index (χ1) is 13.5. The van der Waals surface area contributed by atoms with Crippen LogP contribution in [0.25, 0.3) is 10.9 Å². The second-order valence-electron chi connectivity index (χ2n) is 7.95. The molecular formula is C22H31N3O2S. The first kappa shape index (κ1) is 20.9. The Labute approximate surface area is 171 Å². The van der Waals surface area contributed by atoms with Gasteiger partial charge in [0.2, 0.25) is 5.91 Å². The van der Waals surface area contributed by atoms with Crippen molar-refractivity contribution in [3.63, 3.8) is 0 Å². The van der Waals surface area contributed by atoms with Crippen LogP contribution in [0.2, 0.25) is 0 Å². The van der Waals surface area contributed by atoms with Crippen LogP contribution >= 0.6 is 11.8 Å². The highest BCUT2D eigenvalue weighted by Crippen LogP contribution is 2.29. The summed E-state index contributed by atoms with van der Waals surface area (Å²) < 4.78 is 1.73. The van der Waals surface area contributed by atoms with Gasteiger partial charge >= 0.3 is 0 Å². The predicted molar refractivity (Wildman–Crippen MR) is 116 cm³/mol. The van der Waals surface area contributed by atoms with Gasteiger partial charge in [-0.2, -0.15) is 0 Å². The molecule has 3 rings (SSSR count). The van der Waals surface area contributed by atoms with Crippen molar-refractivity contribution >= 4 is 28.6 Å². The summed E-state index contributed by atoms with van der Waals surface area (Å²) in [6.45, 7) is 7.23. The van der Waals surface area contributed by atoms with Crippen LogP contribution in [-0.2, 0) is 11.3 Å². The van der Waals surface area contributed by atoms with Crippen molar-refractivity contribution in [1.29, 1.82) is 0 Å². The van der Waals surface area contributed by atoms with Crippen LogP contribution in [0.4, 0.5) is 0 Å². The number of thioether (sulfide) groups is 1. The second kappa shape index (κ2) is 9.59. The Morgan fingerprint density at radius 1 is 1.29 bits per heavy atom. The molecule has 0 radical (unpaired) electrons. The van der Waals surface area contributed by atoms with Gasteiger partial charge in [-0.1, -0.05) is 63.9 Å².